The third-order valence-corrected chi connectivity index (χ3v) is 8.75. The molecule has 1 aromatic rings. The molecule has 3 saturated heterocycles. The van der Waals surface area contributed by atoms with Crippen molar-refractivity contribution >= 4 is 27.5 Å². The van der Waals surface area contributed by atoms with Gasteiger partial charge in [-0.25, -0.2) is 8.42 Å². The van der Waals surface area contributed by atoms with Crippen LogP contribution < -0.4 is 5.32 Å². The van der Waals surface area contributed by atoms with Crippen LogP contribution in [-0.2, 0) is 24.3 Å². The second-order valence-corrected chi connectivity index (χ2v) is 11.1. The number of carbonyl (C=O) groups is 2. The molecule has 3 aliphatic heterocycles. The average Bonchev–Trinajstić information content (AvgIpc) is 3.37. The summed E-state index contributed by atoms with van der Waals surface area (Å²) in [6.07, 6.45) is 2.19. The number of morpholine rings is 1. The summed E-state index contributed by atoms with van der Waals surface area (Å²) in [6.45, 7) is 8.52. The molecule has 3 fully saturated rings. The summed E-state index contributed by atoms with van der Waals surface area (Å²) in [5.41, 5.74) is 1.11. The van der Waals surface area contributed by atoms with Gasteiger partial charge in [-0.3, -0.25) is 19.4 Å². The van der Waals surface area contributed by atoms with E-state index >= 15 is 0 Å². The second kappa shape index (κ2) is 11.1. The van der Waals surface area contributed by atoms with Gasteiger partial charge in [-0.05, 0) is 37.5 Å². The number of sulfonamides is 1. The lowest BCUT2D eigenvalue weighted by molar-refractivity contribution is -0.132. The fourth-order valence-electron chi connectivity index (χ4n) is 4.65. The average molecular weight is 494 g/mol. The quantitative estimate of drug-likeness (QED) is 0.579. The lowest BCUT2D eigenvalue weighted by atomic mass is 10.2. The number of hydrogen-bond donors (Lipinski definition) is 1. The summed E-state index contributed by atoms with van der Waals surface area (Å²) in [6, 6.07) is 4.99. The number of amides is 2. The Morgan fingerprint density at radius 2 is 1.53 bits per heavy atom. The van der Waals surface area contributed by atoms with Gasteiger partial charge in [0, 0.05) is 58.0 Å². The van der Waals surface area contributed by atoms with E-state index in [-0.39, 0.29) is 23.3 Å². The van der Waals surface area contributed by atoms with Crippen LogP contribution in [0.2, 0.25) is 0 Å². The van der Waals surface area contributed by atoms with Gasteiger partial charge in [0.15, 0.2) is 0 Å². The minimum atomic E-state index is -3.65. The fourth-order valence-corrected chi connectivity index (χ4v) is 6.31. The lowest BCUT2D eigenvalue weighted by Gasteiger charge is -2.34. The molecule has 1 aromatic carbocycles. The lowest BCUT2D eigenvalue weighted by Crippen LogP contribution is -2.51. The predicted molar refractivity (Wildman–Crippen MR) is 128 cm³/mol. The van der Waals surface area contributed by atoms with E-state index in [2.05, 4.69) is 15.1 Å². The summed E-state index contributed by atoms with van der Waals surface area (Å²) in [7, 11) is -3.65. The van der Waals surface area contributed by atoms with Crippen LogP contribution in [0.25, 0.3) is 0 Å². The van der Waals surface area contributed by atoms with E-state index in [1.807, 2.05) is 4.90 Å². The first-order chi connectivity index (χ1) is 16.3. The van der Waals surface area contributed by atoms with Crippen molar-refractivity contribution in [1.82, 2.24) is 19.0 Å². The van der Waals surface area contributed by atoms with Crippen molar-refractivity contribution in [2.45, 2.75) is 24.7 Å². The molecular weight excluding hydrogens is 458 g/mol. The van der Waals surface area contributed by atoms with Crippen LogP contribution in [0.15, 0.2) is 23.1 Å². The molecule has 0 spiro atoms. The zero-order chi connectivity index (χ0) is 24.1. The highest BCUT2D eigenvalue weighted by Crippen LogP contribution is 2.24. The van der Waals surface area contributed by atoms with Crippen molar-refractivity contribution in [1.29, 1.82) is 0 Å². The molecule has 0 radical (unpaired) electrons. The molecule has 10 nitrogen and oxygen atoms in total. The number of likely N-dealkylation sites (tertiary alicyclic amines) is 1. The van der Waals surface area contributed by atoms with Gasteiger partial charge in [-0.1, -0.05) is 6.07 Å². The molecule has 3 heterocycles. The van der Waals surface area contributed by atoms with Gasteiger partial charge in [0.1, 0.15) is 0 Å². The molecule has 3 aliphatic rings. The van der Waals surface area contributed by atoms with Crippen LogP contribution in [-0.4, -0.2) is 118 Å². The molecule has 0 atom stereocenters. The van der Waals surface area contributed by atoms with Crippen molar-refractivity contribution in [3.05, 3.63) is 23.8 Å². The molecule has 2 amide bonds. The Balaban J connectivity index is 1.28. The smallest absolute Gasteiger partial charge is 0.243 e. The van der Waals surface area contributed by atoms with Crippen molar-refractivity contribution in [2.75, 3.05) is 84.0 Å². The van der Waals surface area contributed by atoms with Gasteiger partial charge in [0.2, 0.25) is 21.8 Å². The molecule has 0 bridgehead atoms. The maximum absolute atomic E-state index is 13.1. The maximum Gasteiger partial charge on any atom is 0.243 e. The number of benzene rings is 1. The Morgan fingerprint density at radius 1 is 0.912 bits per heavy atom. The summed E-state index contributed by atoms with van der Waals surface area (Å²) in [5.74, 6) is 0.0195. The summed E-state index contributed by atoms with van der Waals surface area (Å²) in [5, 5.41) is 2.85. The number of piperazine rings is 1. The van der Waals surface area contributed by atoms with E-state index in [4.69, 9.17) is 4.74 Å². The number of nitrogens with zero attached hydrogens (tertiary/aromatic N) is 4. The van der Waals surface area contributed by atoms with Crippen LogP contribution in [0.1, 0.15) is 18.4 Å². The number of rotatable bonds is 7. The maximum atomic E-state index is 13.1. The van der Waals surface area contributed by atoms with E-state index in [9.17, 15) is 18.0 Å². The monoisotopic (exact) mass is 493 g/mol. The zero-order valence-corrected chi connectivity index (χ0v) is 20.7. The van der Waals surface area contributed by atoms with E-state index in [1.54, 1.807) is 25.1 Å². The molecule has 188 valence electrons. The van der Waals surface area contributed by atoms with Crippen LogP contribution in [0, 0.1) is 6.92 Å². The highest BCUT2D eigenvalue weighted by molar-refractivity contribution is 7.89. The van der Waals surface area contributed by atoms with Gasteiger partial charge < -0.3 is 15.0 Å². The van der Waals surface area contributed by atoms with Gasteiger partial charge in [-0.2, -0.15) is 4.31 Å². The Kier molecular flexibility index (Phi) is 8.20. The minimum Gasteiger partial charge on any atom is -0.379 e. The first-order valence-electron chi connectivity index (χ1n) is 12.0. The highest BCUT2D eigenvalue weighted by atomic mass is 32.2. The van der Waals surface area contributed by atoms with Gasteiger partial charge >= 0.3 is 0 Å². The van der Waals surface area contributed by atoms with Crippen LogP contribution in [0.3, 0.4) is 0 Å². The number of ether oxygens (including phenoxy) is 1. The van der Waals surface area contributed by atoms with Crippen LogP contribution in [0.5, 0.6) is 0 Å². The molecule has 34 heavy (non-hydrogen) atoms. The number of nitrogens with one attached hydrogen (secondary N) is 1. The normalized spacial score (nSPS) is 21.0. The standard InChI is InChI=1S/C23H35N5O5S/c1-19-4-5-20(16-21(19)34(31,32)28-12-14-33-15-13-28)24-22(29)17-25-8-10-26(11-9-25)18-23(30)27-6-2-3-7-27/h4-5,16H,2-3,6-15,17-18H2,1H3,(H,24,29). The van der Waals surface area contributed by atoms with Gasteiger partial charge in [0.25, 0.3) is 0 Å². The van der Waals surface area contributed by atoms with Crippen molar-refractivity contribution < 1.29 is 22.7 Å². The molecule has 4 rings (SSSR count). The van der Waals surface area contributed by atoms with Crippen LogP contribution in [0.4, 0.5) is 5.69 Å². The Hall–Kier alpha value is -2.05. The molecule has 0 unspecified atom stereocenters. The predicted octanol–water partition coefficient (Wildman–Crippen LogP) is 0.194. The van der Waals surface area contributed by atoms with E-state index in [0.29, 0.717) is 57.2 Å². The zero-order valence-electron chi connectivity index (χ0n) is 19.9. The third-order valence-electron chi connectivity index (χ3n) is 6.71. The number of anilines is 1. The number of aryl methyl sites for hydroxylation is 1. The first kappa shape index (κ1) is 25.1. The number of hydrogen-bond acceptors (Lipinski definition) is 7. The Morgan fingerprint density at radius 3 is 2.18 bits per heavy atom. The summed E-state index contributed by atoms with van der Waals surface area (Å²) < 4.78 is 32.8. The summed E-state index contributed by atoms with van der Waals surface area (Å²) in [4.78, 5) is 31.4. The molecule has 0 aliphatic carbocycles. The minimum absolute atomic E-state index is 0.180. The Labute approximate surface area is 201 Å². The molecule has 0 saturated carbocycles. The highest BCUT2D eigenvalue weighted by Gasteiger charge is 2.28. The fraction of sp³-hybridized carbons (Fsp3) is 0.652. The van der Waals surface area contributed by atoms with Gasteiger partial charge in [-0.15, -0.1) is 0 Å². The molecule has 1 N–H and O–H groups in total. The van der Waals surface area contributed by atoms with E-state index in [1.165, 1.54) is 4.31 Å². The van der Waals surface area contributed by atoms with Crippen molar-refractivity contribution in [3.8, 4) is 0 Å². The summed E-state index contributed by atoms with van der Waals surface area (Å²) >= 11 is 0. The van der Waals surface area contributed by atoms with Crippen molar-refractivity contribution in [2.24, 2.45) is 0 Å². The topological polar surface area (TPSA) is 102 Å². The third kappa shape index (κ3) is 6.14. The molecule has 11 heteroatoms. The second-order valence-electron chi connectivity index (χ2n) is 9.19. The SMILES string of the molecule is Cc1ccc(NC(=O)CN2CCN(CC(=O)N3CCCC3)CC2)cc1S(=O)(=O)N1CCOCC1. The largest absolute Gasteiger partial charge is 0.379 e. The Bertz CT molecular complexity index is 981. The van der Waals surface area contributed by atoms with Gasteiger partial charge in [0.05, 0.1) is 31.2 Å². The molecule has 0 aromatic heterocycles. The van der Waals surface area contributed by atoms with E-state index < -0.39 is 10.0 Å². The van der Waals surface area contributed by atoms with Crippen molar-refractivity contribution in [3.63, 3.8) is 0 Å². The van der Waals surface area contributed by atoms with E-state index in [0.717, 1.165) is 39.0 Å². The number of carbonyl (C=O) groups excluding carboxylic acids is 2. The van der Waals surface area contributed by atoms with Crippen LogP contribution >= 0.6 is 0 Å². The molecular formula is C23H35N5O5S. The first-order valence-corrected chi connectivity index (χ1v) is 13.5.